The van der Waals surface area contributed by atoms with Crippen LogP contribution in [0.15, 0.2) is 36.7 Å². The molecule has 2 aromatic rings. The van der Waals surface area contributed by atoms with E-state index < -0.39 is 0 Å². The second-order valence-corrected chi connectivity index (χ2v) is 5.47. The number of carbonyl (C=O) groups excluding carboxylic acids is 1. The van der Waals surface area contributed by atoms with E-state index in [4.69, 9.17) is 10.00 Å². The average molecular weight is 308 g/mol. The number of carbonyl (C=O) groups is 1. The van der Waals surface area contributed by atoms with Gasteiger partial charge in [-0.1, -0.05) is 17.7 Å². The highest BCUT2D eigenvalue weighted by molar-refractivity contribution is 5.94. The van der Waals surface area contributed by atoms with Gasteiger partial charge in [0.1, 0.15) is 12.2 Å². The molecule has 0 N–H and O–H groups in total. The second-order valence-electron chi connectivity index (χ2n) is 5.47. The quantitative estimate of drug-likeness (QED) is 0.866. The second kappa shape index (κ2) is 6.44. The van der Waals surface area contributed by atoms with Crippen LogP contribution in [0.3, 0.4) is 0 Å². The van der Waals surface area contributed by atoms with Gasteiger partial charge in [0.05, 0.1) is 6.54 Å². The summed E-state index contributed by atoms with van der Waals surface area (Å²) in [7, 11) is 0. The lowest BCUT2D eigenvalue weighted by molar-refractivity contribution is 0.0771. The van der Waals surface area contributed by atoms with Crippen LogP contribution in [0.4, 0.5) is 0 Å². The summed E-state index contributed by atoms with van der Waals surface area (Å²) in [4.78, 5) is 22.2. The Kier molecular flexibility index (Phi) is 4.20. The first-order chi connectivity index (χ1) is 11.2. The minimum absolute atomic E-state index is 0.000507. The van der Waals surface area contributed by atoms with Gasteiger partial charge in [0.15, 0.2) is 0 Å². The van der Waals surface area contributed by atoms with Crippen LogP contribution in [-0.2, 0) is 0 Å². The maximum Gasteiger partial charge on any atom is 0.253 e. The molecule has 0 saturated carbocycles. The van der Waals surface area contributed by atoms with Crippen molar-refractivity contribution in [1.29, 1.82) is 5.26 Å². The Hall–Kier alpha value is -2.94. The normalized spacial score (nSPS) is 16.9. The molecule has 1 aliphatic rings. The van der Waals surface area contributed by atoms with E-state index in [1.807, 2.05) is 37.3 Å². The van der Waals surface area contributed by atoms with E-state index in [2.05, 4.69) is 9.97 Å². The van der Waals surface area contributed by atoms with E-state index in [0.717, 1.165) is 5.56 Å². The molecule has 1 amide bonds. The highest BCUT2D eigenvalue weighted by Gasteiger charge is 2.29. The molecule has 1 aliphatic heterocycles. The summed E-state index contributed by atoms with van der Waals surface area (Å²) in [6.45, 7) is 3.07. The Morgan fingerprint density at radius 2 is 2.22 bits per heavy atom. The standard InChI is InChI=1S/C17H16N4O2/c1-12-3-2-4-13(9-12)17(22)21-8-5-14(11-21)23-16-15(10-18)19-6-7-20-16/h2-4,6-7,9,14H,5,8,11H2,1H3. The molecule has 3 rings (SSSR count). The van der Waals surface area contributed by atoms with Crippen LogP contribution >= 0.6 is 0 Å². The monoisotopic (exact) mass is 308 g/mol. The van der Waals surface area contributed by atoms with E-state index in [9.17, 15) is 4.79 Å². The van der Waals surface area contributed by atoms with Gasteiger partial charge in [-0.15, -0.1) is 0 Å². The van der Waals surface area contributed by atoms with Gasteiger partial charge in [-0.2, -0.15) is 5.26 Å². The fourth-order valence-corrected chi connectivity index (χ4v) is 2.62. The van der Waals surface area contributed by atoms with Crippen LogP contribution in [0.2, 0.25) is 0 Å². The van der Waals surface area contributed by atoms with Gasteiger partial charge in [-0.05, 0) is 19.1 Å². The predicted octanol–water partition coefficient (Wildman–Crippen LogP) is 1.95. The van der Waals surface area contributed by atoms with Crippen molar-refractivity contribution in [2.75, 3.05) is 13.1 Å². The predicted molar refractivity (Wildman–Crippen MR) is 82.9 cm³/mol. The van der Waals surface area contributed by atoms with Gasteiger partial charge in [-0.3, -0.25) is 4.79 Å². The van der Waals surface area contributed by atoms with E-state index in [-0.39, 0.29) is 23.6 Å². The Morgan fingerprint density at radius 3 is 3.00 bits per heavy atom. The third-order valence-corrected chi connectivity index (χ3v) is 3.75. The number of hydrogen-bond acceptors (Lipinski definition) is 5. The van der Waals surface area contributed by atoms with Crippen molar-refractivity contribution in [3.8, 4) is 11.9 Å². The summed E-state index contributed by atoms with van der Waals surface area (Å²) in [5.74, 6) is 0.226. The molecule has 1 saturated heterocycles. The number of hydrogen-bond donors (Lipinski definition) is 0. The van der Waals surface area contributed by atoms with Crippen LogP contribution in [0, 0.1) is 18.3 Å². The molecule has 1 fully saturated rings. The summed E-state index contributed by atoms with van der Waals surface area (Å²) in [6, 6.07) is 9.50. The minimum Gasteiger partial charge on any atom is -0.470 e. The topological polar surface area (TPSA) is 79.1 Å². The molecular weight excluding hydrogens is 292 g/mol. The van der Waals surface area contributed by atoms with Crippen molar-refractivity contribution in [2.45, 2.75) is 19.4 Å². The van der Waals surface area contributed by atoms with Crippen molar-refractivity contribution in [3.63, 3.8) is 0 Å². The Labute approximate surface area is 134 Å². The van der Waals surface area contributed by atoms with E-state index >= 15 is 0 Å². The molecule has 1 unspecified atom stereocenters. The number of amides is 1. The molecule has 0 aliphatic carbocycles. The molecule has 1 aromatic heterocycles. The fraction of sp³-hybridized carbons (Fsp3) is 0.294. The highest BCUT2D eigenvalue weighted by atomic mass is 16.5. The van der Waals surface area contributed by atoms with Gasteiger partial charge < -0.3 is 9.64 Å². The highest BCUT2D eigenvalue weighted by Crippen LogP contribution is 2.20. The van der Waals surface area contributed by atoms with Crippen molar-refractivity contribution in [3.05, 3.63) is 53.5 Å². The summed E-state index contributed by atoms with van der Waals surface area (Å²) in [6.07, 6.45) is 3.47. The van der Waals surface area contributed by atoms with Gasteiger partial charge >= 0.3 is 0 Å². The summed E-state index contributed by atoms with van der Waals surface area (Å²) >= 11 is 0. The van der Waals surface area contributed by atoms with Gasteiger partial charge in [0.25, 0.3) is 11.8 Å². The molecule has 23 heavy (non-hydrogen) atoms. The van der Waals surface area contributed by atoms with E-state index in [0.29, 0.717) is 25.1 Å². The molecule has 6 nitrogen and oxygen atoms in total. The maximum atomic E-state index is 12.5. The molecule has 2 heterocycles. The summed E-state index contributed by atoms with van der Waals surface area (Å²) < 4.78 is 5.75. The number of nitrogens with zero attached hydrogens (tertiary/aromatic N) is 4. The van der Waals surface area contributed by atoms with Crippen LogP contribution in [0.5, 0.6) is 5.88 Å². The Bertz CT molecular complexity index is 769. The molecule has 6 heteroatoms. The number of rotatable bonds is 3. The number of likely N-dealkylation sites (tertiary alicyclic amines) is 1. The smallest absolute Gasteiger partial charge is 0.253 e. The third-order valence-electron chi connectivity index (χ3n) is 3.75. The first-order valence-corrected chi connectivity index (χ1v) is 7.41. The third kappa shape index (κ3) is 3.29. The maximum absolute atomic E-state index is 12.5. The van der Waals surface area contributed by atoms with E-state index in [1.54, 1.807) is 4.90 Å². The molecule has 116 valence electrons. The van der Waals surface area contributed by atoms with Crippen LogP contribution in [0.25, 0.3) is 0 Å². The molecule has 1 aromatic carbocycles. The average Bonchev–Trinajstić information content (AvgIpc) is 3.03. The SMILES string of the molecule is Cc1cccc(C(=O)N2CCC(Oc3nccnc3C#N)C2)c1. The van der Waals surface area contributed by atoms with Gasteiger partial charge in [0, 0.05) is 30.9 Å². The summed E-state index contributed by atoms with van der Waals surface area (Å²) in [5, 5.41) is 9.01. The number of ether oxygens (including phenoxy) is 1. The molecular formula is C17H16N4O2. The molecule has 0 spiro atoms. The van der Waals surface area contributed by atoms with Crippen LogP contribution in [-0.4, -0.2) is 40.0 Å². The van der Waals surface area contributed by atoms with E-state index in [1.165, 1.54) is 12.4 Å². The van der Waals surface area contributed by atoms with Crippen molar-refractivity contribution in [2.24, 2.45) is 0 Å². The lowest BCUT2D eigenvalue weighted by atomic mass is 10.1. The molecule has 0 bridgehead atoms. The Balaban J connectivity index is 1.67. The minimum atomic E-state index is -0.174. The first-order valence-electron chi connectivity index (χ1n) is 7.41. The number of benzene rings is 1. The zero-order valence-corrected chi connectivity index (χ0v) is 12.8. The number of nitriles is 1. The zero-order chi connectivity index (χ0) is 16.2. The van der Waals surface area contributed by atoms with Gasteiger partial charge in [-0.25, -0.2) is 9.97 Å². The first kappa shape index (κ1) is 15.0. The van der Waals surface area contributed by atoms with Crippen LogP contribution < -0.4 is 4.74 Å². The lowest BCUT2D eigenvalue weighted by Gasteiger charge is -2.17. The zero-order valence-electron chi connectivity index (χ0n) is 12.8. The molecule has 0 radical (unpaired) electrons. The van der Waals surface area contributed by atoms with Gasteiger partial charge in [0.2, 0.25) is 5.69 Å². The van der Waals surface area contributed by atoms with Crippen molar-refractivity contribution >= 4 is 5.91 Å². The summed E-state index contributed by atoms with van der Waals surface area (Å²) in [5.41, 5.74) is 1.90. The largest absolute Gasteiger partial charge is 0.470 e. The van der Waals surface area contributed by atoms with Crippen molar-refractivity contribution in [1.82, 2.24) is 14.9 Å². The fourth-order valence-electron chi connectivity index (χ4n) is 2.62. The number of aromatic nitrogens is 2. The van der Waals surface area contributed by atoms with Crippen LogP contribution in [0.1, 0.15) is 28.0 Å². The Morgan fingerprint density at radius 1 is 1.39 bits per heavy atom. The lowest BCUT2D eigenvalue weighted by Crippen LogP contribution is -2.31. The van der Waals surface area contributed by atoms with Crippen molar-refractivity contribution < 1.29 is 9.53 Å². The number of aryl methyl sites for hydroxylation is 1. The molecule has 1 atom stereocenters.